The highest BCUT2D eigenvalue weighted by atomic mass is 16.5. The zero-order valence-corrected chi connectivity index (χ0v) is 16.6. The van der Waals surface area contributed by atoms with Gasteiger partial charge in [-0.25, -0.2) is 9.78 Å². The number of carboxylic acids is 1. The summed E-state index contributed by atoms with van der Waals surface area (Å²) < 4.78 is 6.02. The lowest BCUT2D eigenvalue weighted by Gasteiger charge is -2.12. The number of aromatic nitrogens is 1. The van der Waals surface area contributed by atoms with Gasteiger partial charge in [0.1, 0.15) is 18.1 Å². The third kappa shape index (κ3) is 4.87. The Hall–Kier alpha value is -4.19. The van der Waals surface area contributed by atoms with E-state index in [2.05, 4.69) is 10.3 Å². The van der Waals surface area contributed by atoms with Crippen molar-refractivity contribution in [3.8, 4) is 5.75 Å². The number of pyridine rings is 1. The van der Waals surface area contributed by atoms with Crippen LogP contribution in [0.5, 0.6) is 5.75 Å². The van der Waals surface area contributed by atoms with Crippen LogP contribution in [-0.4, -0.2) is 22.0 Å². The molecule has 154 valence electrons. The van der Waals surface area contributed by atoms with Gasteiger partial charge in [-0.1, -0.05) is 54.6 Å². The number of benzene rings is 3. The molecule has 0 radical (unpaired) electrons. The van der Waals surface area contributed by atoms with Crippen molar-refractivity contribution in [3.63, 3.8) is 0 Å². The molecule has 0 spiro atoms. The Balaban J connectivity index is 1.52. The lowest BCUT2D eigenvalue weighted by atomic mass is 10.1. The third-order valence-corrected chi connectivity index (χ3v) is 4.80. The Labute approximate surface area is 179 Å². The molecule has 1 aromatic heterocycles. The average molecular weight is 412 g/mol. The number of hydrogen-bond donors (Lipinski definition) is 2. The summed E-state index contributed by atoms with van der Waals surface area (Å²) in [5, 5.41) is 12.6. The molecule has 31 heavy (non-hydrogen) atoms. The molecule has 2 N–H and O–H groups in total. The molecule has 0 bridgehead atoms. The number of carboxylic acid groups (broad SMARTS) is 1. The van der Waals surface area contributed by atoms with E-state index in [9.17, 15) is 9.59 Å². The Morgan fingerprint density at radius 1 is 0.871 bits per heavy atom. The van der Waals surface area contributed by atoms with E-state index in [1.807, 2.05) is 54.6 Å². The smallest absolute Gasteiger partial charge is 0.335 e. The Morgan fingerprint density at radius 3 is 2.32 bits per heavy atom. The highest BCUT2D eigenvalue weighted by molar-refractivity contribution is 5.97. The van der Waals surface area contributed by atoms with Gasteiger partial charge in [0.25, 0.3) is 5.91 Å². The summed E-state index contributed by atoms with van der Waals surface area (Å²) in [6.45, 7) is 0.638. The molecule has 0 fully saturated rings. The molecule has 4 aromatic rings. The number of rotatable bonds is 7. The van der Waals surface area contributed by atoms with Crippen LogP contribution in [0.1, 0.15) is 32.0 Å². The van der Waals surface area contributed by atoms with Crippen LogP contribution < -0.4 is 10.1 Å². The molecule has 3 aromatic carbocycles. The molecule has 0 saturated heterocycles. The van der Waals surface area contributed by atoms with E-state index in [1.54, 1.807) is 18.2 Å². The van der Waals surface area contributed by atoms with Crippen molar-refractivity contribution >= 4 is 22.8 Å². The molecule has 0 unspecified atom stereocenters. The van der Waals surface area contributed by atoms with Crippen LogP contribution in [0.3, 0.4) is 0 Å². The van der Waals surface area contributed by atoms with E-state index in [0.29, 0.717) is 17.9 Å². The summed E-state index contributed by atoms with van der Waals surface area (Å²) in [6, 6.07) is 25.3. The van der Waals surface area contributed by atoms with E-state index in [4.69, 9.17) is 9.84 Å². The summed E-state index contributed by atoms with van der Waals surface area (Å²) >= 11 is 0. The van der Waals surface area contributed by atoms with Crippen molar-refractivity contribution in [2.45, 2.75) is 13.2 Å². The van der Waals surface area contributed by atoms with E-state index >= 15 is 0 Å². The van der Waals surface area contributed by atoms with E-state index < -0.39 is 5.97 Å². The van der Waals surface area contributed by atoms with Gasteiger partial charge in [-0.15, -0.1) is 0 Å². The summed E-state index contributed by atoms with van der Waals surface area (Å²) in [4.78, 5) is 28.2. The molecule has 0 aliphatic rings. The van der Waals surface area contributed by atoms with Crippen LogP contribution >= 0.6 is 0 Å². The monoisotopic (exact) mass is 412 g/mol. The van der Waals surface area contributed by atoms with E-state index in [0.717, 1.165) is 16.5 Å². The second-order valence-corrected chi connectivity index (χ2v) is 6.98. The summed E-state index contributed by atoms with van der Waals surface area (Å²) in [6.07, 6.45) is 0. The maximum absolute atomic E-state index is 12.7. The number of hydrogen-bond acceptors (Lipinski definition) is 4. The normalized spacial score (nSPS) is 10.6. The highest BCUT2D eigenvalue weighted by Crippen LogP contribution is 2.26. The number of nitrogens with zero attached hydrogens (tertiary/aromatic N) is 1. The summed E-state index contributed by atoms with van der Waals surface area (Å²) in [7, 11) is 0. The standard InChI is InChI=1S/C25H20N2O4/c28-24(26-15-17-10-12-19(13-11-17)25(29)30)22-14-23(20-8-4-5-9-21(20)27-22)31-16-18-6-2-1-3-7-18/h1-14H,15-16H2,(H,26,28)(H,29,30). The Kier molecular flexibility index (Phi) is 5.89. The molecular formula is C25H20N2O4. The molecule has 0 atom stereocenters. The minimum atomic E-state index is -0.987. The average Bonchev–Trinajstić information content (AvgIpc) is 2.81. The highest BCUT2D eigenvalue weighted by Gasteiger charge is 2.13. The van der Waals surface area contributed by atoms with Gasteiger partial charge in [0.05, 0.1) is 11.1 Å². The van der Waals surface area contributed by atoms with Crippen LogP contribution in [0.25, 0.3) is 10.9 Å². The molecule has 6 nitrogen and oxygen atoms in total. The molecule has 1 heterocycles. The summed E-state index contributed by atoms with van der Waals surface area (Å²) in [5.74, 6) is -0.734. The lowest BCUT2D eigenvalue weighted by Crippen LogP contribution is -2.24. The second kappa shape index (κ2) is 9.09. The van der Waals surface area contributed by atoms with Gasteiger partial charge in [-0.05, 0) is 35.4 Å². The predicted octanol–water partition coefficient (Wildman–Crippen LogP) is 4.44. The minimum Gasteiger partial charge on any atom is -0.488 e. The van der Waals surface area contributed by atoms with Crippen LogP contribution in [0.4, 0.5) is 0 Å². The van der Waals surface area contributed by atoms with Gasteiger partial charge in [0, 0.05) is 18.0 Å². The first-order valence-electron chi connectivity index (χ1n) is 9.77. The van der Waals surface area contributed by atoms with E-state index in [1.165, 1.54) is 12.1 Å². The number of fused-ring (bicyclic) bond motifs is 1. The fourth-order valence-corrected chi connectivity index (χ4v) is 3.15. The van der Waals surface area contributed by atoms with Gasteiger partial charge in [-0.3, -0.25) is 4.79 Å². The van der Waals surface area contributed by atoms with Crippen molar-refractivity contribution in [2.24, 2.45) is 0 Å². The van der Waals surface area contributed by atoms with Crippen LogP contribution in [-0.2, 0) is 13.2 Å². The number of aromatic carboxylic acids is 1. The van der Waals surface area contributed by atoms with Crippen molar-refractivity contribution in [1.29, 1.82) is 0 Å². The first-order chi connectivity index (χ1) is 15.1. The zero-order valence-electron chi connectivity index (χ0n) is 16.6. The maximum Gasteiger partial charge on any atom is 0.335 e. The molecule has 6 heteroatoms. The van der Waals surface area contributed by atoms with Crippen molar-refractivity contribution in [1.82, 2.24) is 10.3 Å². The van der Waals surface area contributed by atoms with Crippen molar-refractivity contribution in [3.05, 3.63) is 107 Å². The lowest BCUT2D eigenvalue weighted by molar-refractivity contribution is 0.0696. The number of nitrogens with one attached hydrogen (secondary N) is 1. The van der Waals surface area contributed by atoms with Gasteiger partial charge in [0.2, 0.25) is 0 Å². The predicted molar refractivity (Wildman–Crippen MR) is 117 cm³/mol. The number of amides is 1. The van der Waals surface area contributed by atoms with Gasteiger partial charge in [0.15, 0.2) is 0 Å². The van der Waals surface area contributed by atoms with E-state index in [-0.39, 0.29) is 23.7 Å². The Bertz CT molecular complexity index is 1220. The number of para-hydroxylation sites is 1. The van der Waals surface area contributed by atoms with Crippen molar-refractivity contribution in [2.75, 3.05) is 0 Å². The topological polar surface area (TPSA) is 88.5 Å². The minimum absolute atomic E-state index is 0.200. The molecule has 0 saturated carbocycles. The maximum atomic E-state index is 12.7. The van der Waals surface area contributed by atoms with Crippen LogP contribution in [0.15, 0.2) is 84.9 Å². The Morgan fingerprint density at radius 2 is 1.58 bits per heavy atom. The summed E-state index contributed by atoms with van der Waals surface area (Å²) in [5.41, 5.74) is 2.94. The zero-order chi connectivity index (χ0) is 21.6. The number of ether oxygens (including phenoxy) is 1. The number of carbonyl (C=O) groups excluding carboxylic acids is 1. The fourth-order valence-electron chi connectivity index (χ4n) is 3.15. The van der Waals surface area contributed by atoms with Crippen molar-refractivity contribution < 1.29 is 19.4 Å². The van der Waals surface area contributed by atoms with Gasteiger partial charge >= 0.3 is 5.97 Å². The molecule has 0 aliphatic heterocycles. The fraction of sp³-hybridized carbons (Fsp3) is 0.0800. The molecular weight excluding hydrogens is 392 g/mol. The van der Waals surface area contributed by atoms with Crippen LogP contribution in [0, 0.1) is 0 Å². The van der Waals surface area contributed by atoms with Gasteiger partial charge < -0.3 is 15.2 Å². The van der Waals surface area contributed by atoms with Crippen LogP contribution in [0.2, 0.25) is 0 Å². The second-order valence-electron chi connectivity index (χ2n) is 6.98. The molecule has 1 amide bonds. The number of carbonyl (C=O) groups is 2. The largest absolute Gasteiger partial charge is 0.488 e. The molecule has 4 rings (SSSR count). The first-order valence-corrected chi connectivity index (χ1v) is 9.77. The molecule has 0 aliphatic carbocycles. The SMILES string of the molecule is O=C(O)c1ccc(CNC(=O)c2cc(OCc3ccccc3)c3ccccc3n2)cc1. The van der Waals surface area contributed by atoms with Gasteiger partial charge in [-0.2, -0.15) is 0 Å². The third-order valence-electron chi connectivity index (χ3n) is 4.80. The quantitative estimate of drug-likeness (QED) is 0.468. The first kappa shape index (κ1) is 20.1.